The molecular formula is C22H26N2O3. The Kier molecular flexibility index (Phi) is 5.22. The number of carbonyl (C=O) groups excluding carboxylic acids is 2. The minimum atomic E-state index is -0.575. The third-order valence-corrected chi connectivity index (χ3v) is 5.06. The van der Waals surface area contributed by atoms with Gasteiger partial charge in [0.2, 0.25) is 5.91 Å². The Morgan fingerprint density at radius 3 is 2.52 bits per heavy atom. The van der Waals surface area contributed by atoms with Gasteiger partial charge in [0, 0.05) is 12.1 Å². The summed E-state index contributed by atoms with van der Waals surface area (Å²) in [5, 5.41) is 0. The number of anilines is 1. The van der Waals surface area contributed by atoms with Crippen molar-refractivity contribution in [3.05, 3.63) is 65.7 Å². The third kappa shape index (κ3) is 4.13. The van der Waals surface area contributed by atoms with Crippen molar-refractivity contribution in [2.24, 2.45) is 5.41 Å². The maximum Gasteiger partial charge on any atom is 0.417 e. The van der Waals surface area contributed by atoms with Crippen LogP contribution in [0.25, 0.3) is 0 Å². The number of amides is 2. The lowest BCUT2D eigenvalue weighted by atomic mass is 9.74. The van der Waals surface area contributed by atoms with E-state index in [0.29, 0.717) is 5.69 Å². The van der Waals surface area contributed by atoms with E-state index in [1.807, 2.05) is 54.6 Å². The molecule has 2 aromatic carbocycles. The quantitative estimate of drug-likeness (QED) is 0.808. The topological polar surface area (TPSA) is 72.6 Å². The molecule has 0 saturated carbocycles. The zero-order chi connectivity index (χ0) is 19.6. The van der Waals surface area contributed by atoms with Crippen LogP contribution in [0, 0.1) is 5.41 Å². The van der Waals surface area contributed by atoms with Crippen molar-refractivity contribution >= 4 is 17.7 Å². The predicted molar refractivity (Wildman–Crippen MR) is 105 cm³/mol. The van der Waals surface area contributed by atoms with Gasteiger partial charge in [-0.15, -0.1) is 0 Å². The summed E-state index contributed by atoms with van der Waals surface area (Å²) in [5.74, 6) is -0.299. The number of hydrogen-bond donors (Lipinski definition) is 1. The van der Waals surface area contributed by atoms with Crippen molar-refractivity contribution in [3.63, 3.8) is 0 Å². The van der Waals surface area contributed by atoms with Gasteiger partial charge in [-0.1, -0.05) is 63.2 Å². The van der Waals surface area contributed by atoms with Gasteiger partial charge in [-0.05, 0) is 34.6 Å². The van der Waals surface area contributed by atoms with E-state index in [2.05, 4.69) is 20.8 Å². The maximum atomic E-state index is 13.1. The van der Waals surface area contributed by atoms with E-state index in [9.17, 15) is 9.59 Å². The minimum Gasteiger partial charge on any atom is -0.446 e. The molecule has 2 amide bonds. The van der Waals surface area contributed by atoms with Gasteiger partial charge in [-0.25, -0.2) is 9.69 Å². The van der Waals surface area contributed by atoms with Crippen LogP contribution < -0.4 is 5.73 Å². The van der Waals surface area contributed by atoms with Crippen molar-refractivity contribution in [1.82, 2.24) is 4.90 Å². The molecular weight excluding hydrogens is 340 g/mol. The molecule has 2 unspecified atom stereocenters. The first-order valence-corrected chi connectivity index (χ1v) is 9.16. The van der Waals surface area contributed by atoms with Gasteiger partial charge in [0.1, 0.15) is 12.6 Å². The number of imide groups is 1. The van der Waals surface area contributed by atoms with Crippen molar-refractivity contribution in [1.29, 1.82) is 0 Å². The van der Waals surface area contributed by atoms with Gasteiger partial charge in [0.05, 0.1) is 0 Å². The molecule has 1 heterocycles. The van der Waals surface area contributed by atoms with Crippen LogP contribution in [0.15, 0.2) is 54.6 Å². The number of benzene rings is 2. The number of nitrogens with two attached hydrogens (primary N) is 1. The van der Waals surface area contributed by atoms with Crippen LogP contribution in [0.5, 0.6) is 0 Å². The molecule has 0 radical (unpaired) electrons. The van der Waals surface area contributed by atoms with Crippen LogP contribution in [0.1, 0.15) is 50.3 Å². The summed E-state index contributed by atoms with van der Waals surface area (Å²) in [7, 11) is 0. The molecule has 2 aromatic rings. The SMILES string of the molecule is CC(C)(C)C(CC(=O)N1C(=O)OCC1c1ccccc1)c1cccc(N)c1. The zero-order valence-electron chi connectivity index (χ0n) is 16.0. The van der Waals surface area contributed by atoms with E-state index in [1.54, 1.807) is 0 Å². The van der Waals surface area contributed by atoms with Crippen LogP contribution in [0.4, 0.5) is 10.5 Å². The second-order valence-corrected chi connectivity index (χ2v) is 8.06. The fourth-order valence-corrected chi connectivity index (χ4v) is 3.59. The lowest BCUT2D eigenvalue weighted by Gasteiger charge is -2.32. The Balaban J connectivity index is 1.87. The largest absolute Gasteiger partial charge is 0.446 e. The predicted octanol–water partition coefficient (Wildman–Crippen LogP) is 4.51. The summed E-state index contributed by atoms with van der Waals surface area (Å²) >= 11 is 0. The van der Waals surface area contributed by atoms with Gasteiger partial charge >= 0.3 is 6.09 Å². The second kappa shape index (κ2) is 7.43. The minimum absolute atomic E-state index is 0.0710. The molecule has 0 spiro atoms. The highest BCUT2D eigenvalue weighted by molar-refractivity contribution is 5.94. The summed E-state index contributed by atoms with van der Waals surface area (Å²) in [5.41, 5.74) is 8.33. The molecule has 2 N–H and O–H groups in total. The van der Waals surface area contributed by atoms with E-state index in [4.69, 9.17) is 10.5 Å². The molecule has 0 bridgehead atoms. The van der Waals surface area contributed by atoms with Gasteiger partial charge in [-0.2, -0.15) is 0 Å². The van der Waals surface area contributed by atoms with E-state index in [0.717, 1.165) is 11.1 Å². The summed E-state index contributed by atoms with van der Waals surface area (Å²) in [6, 6.07) is 16.7. The smallest absolute Gasteiger partial charge is 0.417 e. The van der Waals surface area contributed by atoms with Crippen LogP contribution in [0.2, 0.25) is 0 Å². The van der Waals surface area contributed by atoms with E-state index >= 15 is 0 Å². The van der Waals surface area contributed by atoms with Crippen LogP contribution in [-0.2, 0) is 9.53 Å². The Hall–Kier alpha value is -2.82. The molecule has 3 rings (SSSR count). The Labute approximate surface area is 160 Å². The van der Waals surface area contributed by atoms with E-state index in [-0.39, 0.29) is 36.3 Å². The Bertz CT molecular complexity index is 827. The highest BCUT2D eigenvalue weighted by Gasteiger charge is 2.40. The average Bonchev–Trinajstić information content (AvgIpc) is 3.01. The number of carbonyl (C=O) groups is 2. The molecule has 5 heteroatoms. The van der Waals surface area contributed by atoms with Gasteiger partial charge in [0.15, 0.2) is 0 Å². The second-order valence-electron chi connectivity index (χ2n) is 8.06. The number of cyclic esters (lactones) is 1. The molecule has 142 valence electrons. The number of hydrogen-bond acceptors (Lipinski definition) is 4. The Morgan fingerprint density at radius 2 is 1.89 bits per heavy atom. The molecule has 1 aliphatic heterocycles. The molecule has 0 aliphatic carbocycles. The van der Waals surface area contributed by atoms with E-state index in [1.165, 1.54) is 4.90 Å². The molecule has 1 aliphatic rings. The van der Waals surface area contributed by atoms with E-state index < -0.39 is 6.09 Å². The summed E-state index contributed by atoms with van der Waals surface area (Å²) < 4.78 is 5.19. The first kappa shape index (κ1) is 19.0. The zero-order valence-corrected chi connectivity index (χ0v) is 16.0. The van der Waals surface area contributed by atoms with Crippen LogP contribution >= 0.6 is 0 Å². The molecule has 1 fully saturated rings. The third-order valence-electron chi connectivity index (χ3n) is 5.06. The summed E-state index contributed by atoms with van der Waals surface area (Å²) in [6.07, 6.45) is -0.361. The number of ether oxygens (including phenoxy) is 1. The van der Waals surface area contributed by atoms with Crippen LogP contribution in [-0.4, -0.2) is 23.5 Å². The number of rotatable bonds is 4. The summed E-state index contributed by atoms with van der Waals surface area (Å²) in [4.78, 5) is 26.7. The summed E-state index contributed by atoms with van der Waals surface area (Å²) in [6.45, 7) is 6.45. The van der Waals surface area contributed by atoms with Crippen molar-refractivity contribution in [2.75, 3.05) is 12.3 Å². The molecule has 5 nitrogen and oxygen atoms in total. The molecule has 0 aromatic heterocycles. The monoisotopic (exact) mass is 366 g/mol. The van der Waals surface area contributed by atoms with Crippen molar-refractivity contribution in [2.45, 2.75) is 39.2 Å². The Morgan fingerprint density at radius 1 is 1.19 bits per heavy atom. The number of nitrogens with zero attached hydrogens (tertiary/aromatic N) is 1. The fourth-order valence-electron chi connectivity index (χ4n) is 3.59. The fraction of sp³-hybridized carbons (Fsp3) is 0.364. The first-order chi connectivity index (χ1) is 12.8. The standard InChI is InChI=1S/C22H26N2O3/c1-22(2,3)18(16-10-7-11-17(23)12-16)13-20(25)24-19(14-27-21(24)26)15-8-5-4-6-9-15/h4-12,18-19H,13-14,23H2,1-3H3. The lowest BCUT2D eigenvalue weighted by molar-refractivity contribution is -0.130. The van der Waals surface area contributed by atoms with Crippen LogP contribution in [0.3, 0.4) is 0 Å². The van der Waals surface area contributed by atoms with Gasteiger partial charge in [-0.3, -0.25) is 4.79 Å². The van der Waals surface area contributed by atoms with Crippen molar-refractivity contribution < 1.29 is 14.3 Å². The molecule has 1 saturated heterocycles. The highest BCUT2D eigenvalue weighted by atomic mass is 16.6. The van der Waals surface area contributed by atoms with Gasteiger partial charge in [0.25, 0.3) is 0 Å². The molecule has 27 heavy (non-hydrogen) atoms. The number of nitrogen functional groups attached to an aromatic ring is 1. The average molecular weight is 366 g/mol. The van der Waals surface area contributed by atoms with Crippen molar-refractivity contribution in [3.8, 4) is 0 Å². The maximum absolute atomic E-state index is 13.1. The van der Waals surface area contributed by atoms with Gasteiger partial charge < -0.3 is 10.5 Å². The normalized spacial score (nSPS) is 18.3. The highest BCUT2D eigenvalue weighted by Crippen LogP contribution is 2.40. The lowest BCUT2D eigenvalue weighted by Crippen LogP contribution is -2.36. The molecule has 2 atom stereocenters. The first-order valence-electron chi connectivity index (χ1n) is 9.16.